The maximum Gasteiger partial charge on any atom is 0.00699 e. The maximum absolute atomic E-state index is 4.73. The van der Waals surface area contributed by atoms with Gasteiger partial charge in [0.1, 0.15) is 0 Å². The van der Waals surface area contributed by atoms with Gasteiger partial charge in [-0.1, -0.05) is 32.1 Å². The monoisotopic (exact) mass is 269 g/mol. The molecule has 0 bridgehead atoms. The highest BCUT2D eigenvalue weighted by Gasteiger charge is 2.35. The highest BCUT2D eigenvalue weighted by atomic mass is 32.1. The molecule has 0 spiro atoms. The molecule has 1 aliphatic carbocycles. The van der Waals surface area contributed by atoms with Crippen molar-refractivity contribution in [3.05, 3.63) is 0 Å². The van der Waals surface area contributed by atoms with Crippen molar-refractivity contribution in [2.24, 2.45) is 5.41 Å². The Morgan fingerprint density at radius 1 is 0.944 bits per heavy atom. The first-order valence-corrected chi connectivity index (χ1v) is 8.67. The molecule has 0 aromatic rings. The third-order valence-electron chi connectivity index (χ3n) is 5.39. The smallest absolute Gasteiger partial charge is 0.00699 e. The van der Waals surface area contributed by atoms with Crippen molar-refractivity contribution in [1.82, 2.24) is 4.90 Å². The fourth-order valence-corrected chi connectivity index (χ4v) is 4.43. The molecule has 0 radical (unpaired) electrons. The maximum atomic E-state index is 4.73. The van der Waals surface area contributed by atoms with Gasteiger partial charge < -0.3 is 0 Å². The van der Waals surface area contributed by atoms with E-state index < -0.39 is 0 Å². The number of likely N-dealkylation sites (tertiary alicyclic amines) is 1. The van der Waals surface area contributed by atoms with Crippen LogP contribution in [0.1, 0.15) is 71.6 Å². The van der Waals surface area contributed by atoms with E-state index in [0.717, 1.165) is 17.8 Å². The van der Waals surface area contributed by atoms with Gasteiger partial charge in [0.15, 0.2) is 0 Å². The Morgan fingerprint density at radius 2 is 1.50 bits per heavy atom. The number of piperidine rings is 1. The molecule has 2 rings (SSSR count). The van der Waals surface area contributed by atoms with Crippen LogP contribution in [0.4, 0.5) is 0 Å². The van der Waals surface area contributed by atoms with E-state index in [-0.39, 0.29) is 0 Å². The highest BCUT2D eigenvalue weighted by molar-refractivity contribution is 7.80. The molecule has 0 N–H and O–H groups in total. The molecule has 2 aliphatic rings. The van der Waals surface area contributed by atoms with E-state index in [4.69, 9.17) is 12.6 Å². The van der Waals surface area contributed by atoms with Gasteiger partial charge in [-0.15, -0.1) is 0 Å². The van der Waals surface area contributed by atoms with E-state index in [0.29, 0.717) is 5.41 Å². The molecule has 0 aromatic heterocycles. The summed E-state index contributed by atoms with van der Waals surface area (Å²) in [5.41, 5.74) is 0.513. The van der Waals surface area contributed by atoms with E-state index in [1.165, 1.54) is 64.3 Å². The molecular weight excluding hydrogens is 238 g/mol. The second-order valence-corrected chi connectivity index (χ2v) is 7.19. The van der Waals surface area contributed by atoms with Gasteiger partial charge in [-0.05, 0) is 50.7 Å². The topological polar surface area (TPSA) is 3.24 Å². The lowest BCUT2D eigenvalue weighted by molar-refractivity contribution is 0.0498. The molecule has 106 valence electrons. The van der Waals surface area contributed by atoms with Crippen LogP contribution in [0.15, 0.2) is 0 Å². The van der Waals surface area contributed by atoms with Crippen LogP contribution in [0.5, 0.6) is 0 Å². The van der Waals surface area contributed by atoms with Gasteiger partial charge in [0.05, 0.1) is 0 Å². The van der Waals surface area contributed by atoms with E-state index in [1.807, 2.05) is 0 Å². The Kier molecular flexibility index (Phi) is 5.44. The van der Waals surface area contributed by atoms with Crippen molar-refractivity contribution in [2.75, 3.05) is 12.3 Å². The molecule has 18 heavy (non-hydrogen) atoms. The van der Waals surface area contributed by atoms with Crippen molar-refractivity contribution < 1.29 is 0 Å². The number of hydrogen-bond donors (Lipinski definition) is 1. The number of thiol groups is 1. The molecule has 0 aromatic carbocycles. The van der Waals surface area contributed by atoms with Crippen LogP contribution < -0.4 is 0 Å². The second-order valence-electron chi connectivity index (χ2n) is 6.87. The Bertz CT molecular complexity index is 235. The van der Waals surface area contributed by atoms with Crippen molar-refractivity contribution in [3.8, 4) is 0 Å². The average molecular weight is 269 g/mol. The first-order valence-electron chi connectivity index (χ1n) is 8.03. The minimum Gasteiger partial charge on any atom is -0.297 e. The van der Waals surface area contributed by atoms with E-state index in [1.54, 1.807) is 0 Å². The molecular formula is C16H31NS. The van der Waals surface area contributed by atoms with Gasteiger partial charge >= 0.3 is 0 Å². The summed E-state index contributed by atoms with van der Waals surface area (Å²) in [6, 6.07) is 1.57. The third-order valence-corrected chi connectivity index (χ3v) is 6.06. The molecule has 1 aliphatic heterocycles. The molecule has 2 fully saturated rings. The lowest BCUT2D eigenvalue weighted by Gasteiger charge is -2.45. The predicted molar refractivity (Wildman–Crippen MR) is 83.5 cm³/mol. The zero-order valence-electron chi connectivity index (χ0n) is 12.3. The summed E-state index contributed by atoms with van der Waals surface area (Å²) in [6.07, 6.45) is 12.8. The quantitative estimate of drug-likeness (QED) is 0.582. The molecule has 0 amide bonds. The third kappa shape index (κ3) is 3.45. The zero-order valence-corrected chi connectivity index (χ0v) is 13.2. The zero-order chi connectivity index (χ0) is 13.0. The Hall–Kier alpha value is 0.310. The van der Waals surface area contributed by atoms with Gasteiger partial charge in [-0.3, -0.25) is 4.90 Å². The van der Waals surface area contributed by atoms with E-state index >= 15 is 0 Å². The molecule has 0 unspecified atom stereocenters. The van der Waals surface area contributed by atoms with Crippen molar-refractivity contribution in [2.45, 2.75) is 83.7 Å². The summed E-state index contributed by atoms with van der Waals surface area (Å²) in [6.45, 7) is 6.16. The molecule has 2 atom stereocenters. The second kappa shape index (κ2) is 6.65. The minimum atomic E-state index is 0.513. The van der Waals surface area contributed by atoms with Gasteiger partial charge in [0.25, 0.3) is 0 Å². The summed E-state index contributed by atoms with van der Waals surface area (Å²) in [5.74, 6) is 1.09. The van der Waals surface area contributed by atoms with Crippen LogP contribution in [-0.2, 0) is 0 Å². The van der Waals surface area contributed by atoms with Crippen LogP contribution in [0.3, 0.4) is 0 Å². The van der Waals surface area contributed by atoms with Gasteiger partial charge in [-0.25, -0.2) is 0 Å². The Labute approximate surface area is 119 Å². The van der Waals surface area contributed by atoms with Crippen molar-refractivity contribution >= 4 is 12.6 Å². The van der Waals surface area contributed by atoms with Crippen LogP contribution in [0.25, 0.3) is 0 Å². The largest absolute Gasteiger partial charge is 0.297 e. The van der Waals surface area contributed by atoms with Crippen LogP contribution in [-0.4, -0.2) is 29.3 Å². The lowest BCUT2D eigenvalue weighted by atomic mass is 9.80. The first-order chi connectivity index (χ1) is 8.67. The Morgan fingerprint density at radius 3 is 2.00 bits per heavy atom. The summed E-state index contributed by atoms with van der Waals surface area (Å²) in [5, 5.41) is 0. The predicted octanol–water partition coefficient (Wildman–Crippen LogP) is 4.52. The Balaban J connectivity index is 2.03. The SMILES string of the molecule is C[C@@H]1CCC[C@H](C)N1CC1(CS)CCCCCC1. The summed E-state index contributed by atoms with van der Waals surface area (Å²) in [4.78, 5) is 2.80. The standard InChI is InChI=1S/C16H31NS/c1-14-8-7-9-15(2)17(14)12-16(13-18)10-5-3-4-6-11-16/h14-15,18H,3-13H2,1-2H3/t14-,15+. The van der Waals surface area contributed by atoms with E-state index in [2.05, 4.69) is 18.7 Å². The van der Waals surface area contributed by atoms with Crippen molar-refractivity contribution in [1.29, 1.82) is 0 Å². The van der Waals surface area contributed by atoms with Gasteiger partial charge in [-0.2, -0.15) is 12.6 Å². The fraction of sp³-hybridized carbons (Fsp3) is 1.00. The molecule has 2 heteroatoms. The first kappa shape index (κ1) is 14.7. The van der Waals surface area contributed by atoms with Crippen molar-refractivity contribution in [3.63, 3.8) is 0 Å². The minimum absolute atomic E-state index is 0.513. The average Bonchev–Trinajstić information content (AvgIpc) is 2.60. The lowest BCUT2D eigenvalue weighted by Crippen LogP contribution is -2.49. The molecule has 1 saturated heterocycles. The normalized spacial score (nSPS) is 34.2. The number of rotatable bonds is 3. The highest BCUT2D eigenvalue weighted by Crippen LogP contribution is 2.39. The summed E-state index contributed by atoms with van der Waals surface area (Å²) >= 11 is 4.73. The summed E-state index contributed by atoms with van der Waals surface area (Å²) < 4.78 is 0. The van der Waals surface area contributed by atoms with Gasteiger partial charge in [0.2, 0.25) is 0 Å². The van der Waals surface area contributed by atoms with Crippen LogP contribution in [0, 0.1) is 5.41 Å². The van der Waals surface area contributed by atoms with Crippen LogP contribution in [0.2, 0.25) is 0 Å². The number of hydrogen-bond acceptors (Lipinski definition) is 2. The van der Waals surface area contributed by atoms with E-state index in [9.17, 15) is 0 Å². The van der Waals surface area contributed by atoms with Crippen LogP contribution >= 0.6 is 12.6 Å². The summed E-state index contributed by atoms with van der Waals surface area (Å²) in [7, 11) is 0. The molecule has 1 nitrogen and oxygen atoms in total. The number of nitrogens with zero attached hydrogens (tertiary/aromatic N) is 1. The van der Waals surface area contributed by atoms with Gasteiger partial charge in [0, 0.05) is 18.6 Å². The fourth-order valence-electron chi connectivity index (χ4n) is 4.02. The molecule has 1 heterocycles. The molecule has 1 saturated carbocycles.